The van der Waals surface area contributed by atoms with Crippen molar-refractivity contribution in [3.8, 4) is 0 Å². The van der Waals surface area contributed by atoms with Crippen molar-refractivity contribution >= 4 is 21.6 Å². The predicted molar refractivity (Wildman–Crippen MR) is 103 cm³/mol. The zero-order chi connectivity index (χ0) is 19.0. The number of anilines is 1. The van der Waals surface area contributed by atoms with Gasteiger partial charge in [0.15, 0.2) is 0 Å². The highest BCUT2D eigenvalue weighted by molar-refractivity contribution is 7.89. The fraction of sp³-hybridized carbons (Fsp3) is 0.400. The van der Waals surface area contributed by atoms with Gasteiger partial charge in [0.2, 0.25) is 15.9 Å². The van der Waals surface area contributed by atoms with Crippen molar-refractivity contribution in [2.45, 2.75) is 50.1 Å². The van der Waals surface area contributed by atoms with Gasteiger partial charge in [0.25, 0.3) is 0 Å². The molecule has 0 spiro atoms. The molecule has 0 radical (unpaired) electrons. The summed E-state index contributed by atoms with van der Waals surface area (Å²) in [5, 5.41) is 0. The normalized spacial score (nSPS) is 17.7. The van der Waals surface area contributed by atoms with Crippen LogP contribution in [0.3, 0.4) is 0 Å². The number of nitrogens with zero attached hydrogens (tertiary/aromatic N) is 3. The molecular formula is C20H23N3O3S. The number of rotatable bonds is 6. The van der Waals surface area contributed by atoms with E-state index in [0.29, 0.717) is 24.2 Å². The van der Waals surface area contributed by atoms with Gasteiger partial charge in [-0.1, -0.05) is 12.1 Å². The number of carbonyl (C=O) groups is 1. The van der Waals surface area contributed by atoms with E-state index in [1.807, 2.05) is 24.3 Å². The van der Waals surface area contributed by atoms with E-state index in [1.54, 1.807) is 34.5 Å². The van der Waals surface area contributed by atoms with Crippen LogP contribution in [0.2, 0.25) is 0 Å². The number of hydrogen-bond donors (Lipinski definition) is 0. The van der Waals surface area contributed by atoms with Gasteiger partial charge in [-0.15, -0.1) is 0 Å². The molecule has 2 aliphatic rings. The Morgan fingerprint density at radius 2 is 2.04 bits per heavy atom. The third-order valence-corrected chi connectivity index (χ3v) is 7.18. The summed E-state index contributed by atoms with van der Waals surface area (Å²) in [6.45, 7) is 2.70. The van der Waals surface area contributed by atoms with Crippen LogP contribution in [-0.4, -0.2) is 36.2 Å². The zero-order valence-electron chi connectivity index (χ0n) is 15.3. The van der Waals surface area contributed by atoms with Gasteiger partial charge >= 0.3 is 0 Å². The lowest BCUT2D eigenvalue weighted by molar-refractivity contribution is -0.117. The van der Waals surface area contributed by atoms with Gasteiger partial charge in [0.05, 0.1) is 17.1 Å². The number of carbonyl (C=O) groups excluding carboxylic acids is 1. The quantitative estimate of drug-likeness (QED) is 0.767. The van der Waals surface area contributed by atoms with Crippen molar-refractivity contribution in [2.75, 3.05) is 11.4 Å². The molecule has 0 atom stereocenters. The molecule has 0 N–H and O–H groups in total. The number of hydrogen-bond acceptors (Lipinski definition) is 4. The topological polar surface area (TPSA) is 70.6 Å². The van der Waals surface area contributed by atoms with Crippen LogP contribution in [-0.2, 0) is 21.4 Å². The molecule has 0 bridgehead atoms. The van der Waals surface area contributed by atoms with Gasteiger partial charge in [-0.05, 0) is 56.0 Å². The maximum absolute atomic E-state index is 13.5. The van der Waals surface area contributed by atoms with Crippen LogP contribution in [0.1, 0.15) is 36.9 Å². The zero-order valence-corrected chi connectivity index (χ0v) is 16.2. The molecule has 1 aromatic heterocycles. The van der Waals surface area contributed by atoms with E-state index in [2.05, 4.69) is 4.98 Å². The van der Waals surface area contributed by atoms with E-state index in [-0.39, 0.29) is 23.4 Å². The molecule has 1 saturated heterocycles. The minimum Gasteiger partial charge on any atom is -0.312 e. The van der Waals surface area contributed by atoms with Gasteiger partial charge in [-0.2, -0.15) is 4.31 Å². The standard InChI is InChI=1S/C20H23N3O3S/c1-15-7-8-18(22-12-4-6-20(22)24)13-19(15)27(25,26)23(17-9-10-17)14-16-5-2-3-11-21-16/h2-3,5,7-8,11,13,17H,4,6,9-10,12,14H2,1H3. The Morgan fingerprint density at radius 3 is 2.67 bits per heavy atom. The van der Waals surface area contributed by atoms with Crippen LogP contribution in [0.5, 0.6) is 0 Å². The minimum absolute atomic E-state index is 0.0217. The van der Waals surface area contributed by atoms with Gasteiger partial charge in [0, 0.05) is 30.9 Å². The highest BCUT2D eigenvalue weighted by atomic mass is 32.2. The number of sulfonamides is 1. The summed E-state index contributed by atoms with van der Waals surface area (Å²) < 4.78 is 28.5. The second-order valence-electron chi connectivity index (χ2n) is 7.20. The fourth-order valence-electron chi connectivity index (χ4n) is 3.51. The molecule has 1 amide bonds. The summed E-state index contributed by atoms with van der Waals surface area (Å²) in [6.07, 6.45) is 4.75. The van der Waals surface area contributed by atoms with Crippen molar-refractivity contribution in [2.24, 2.45) is 0 Å². The van der Waals surface area contributed by atoms with Crippen molar-refractivity contribution in [1.29, 1.82) is 0 Å². The summed E-state index contributed by atoms with van der Waals surface area (Å²) in [5.74, 6) is 0.0507. The highest BCUT2D eigenvalue weighted by Crippen LogP contribution is 2.35. The molecule has 2 heterocycles. The van der Waals surface area contributed by atoms with Crippen LogP contribution in [0.4, 0.5) is 5.69 Å². The fourth-order valence-corrected chi connectivity index (χ4v) is 5.41. The molecule has 0 unspecified atom stereocenters. The molecule has 142 valence electrons. The van der Waals surface area contributed by atoms with E-state index in [0.717, 1.165) is 25.0 Å². The highest BCUT2D eigenvalue weighted by Gasteiger charge is 2.39. The van der Waals surface area contributed by atoms with Crippen LogP contribution < -0.4 is 4.90 Å². The first-order valence-electron chi connectivity index (χ1n) is 9.29. The van der Waals surface area contributed by atoms with Crippen molar-refractivity contribution in [1.82, 2.24) is 9.29 Å². The summed E-state index contributed by atoms with van der Waals surface area (Å²) in [5.41, 5.74) is 2.09. The Balaban J connectivity index is 1.70. The molecule has 1 aromatic carbocycles. The number of pyridine rings is 1. The van der Waals surface area contributed by atoms with Crippen molar-refractivity contribution < 1.29 is 13.2 Å². The molecule has 2 aromatic rings. The molecule has 2 fully saturated rings. The molecule has 1 aliphatic heterocycles. The number of aromatic nitrogens is 1. The maximum Gasteiger partial charge on any atom is 0.244 e. The van der Waals surface area contributed by atoms with E-state index in [4.69, 9.17) is 0 Å². The maximum atomic E-state index is 13.5. The Kier molecular flexibility index (Phi) is 4.74. The lowest BCUT2D eigenvalue weighted by Gasteiger charge is -2.24. The third kappa shape index (κ3) is 3.61. The van der Waals surface area contributed by atoms with Gasteiger partial charge in [-0.3, -0.25) is 9.78 Å². The lowest BCUT2D eigenvalue weighted by atomic mass is 10.2. The lowest BCUT2D eigenvalue weighted by Crippen LogP contribution is -2.33. The summed E-state index contributed by atoms with van der Waals surface area (Å²) in [6, 6.07) is 10.8. The van der Waals surface area contributed by atoms with Crippen molar-refractivity contribution in [3.63, 3.8) is 0 Å². The Bertz CT molecular complexity index is 956. The first kappa shape index (κ1) is 18.1. The first-order valence-corrected chi connectivity index (χ1v) is 10.7. The molecule has 7 heteroatoms. The summed E-state index contributed by atoms with van der Waals surface area (Å²) in [7, 11) is -3.68. The van der Waals surface area contributed by atoms with Crippen LogP contribution in [0.15, 0.2) is 47.5 Å². The molecule has 1 saturated carbocycles. The SMILES string of the molecule is Cc1ccc(N2CCCC2=O)cc1S(=O)(=O)N(Cc1ccccn1)C1CC1. The minimum atomic E-state index is -3.68. The molecule has 27 heavy (non-hydrogen) atoms. The summed E-state index contributed by atoms with van der Waals surface area (Å²) >= 11 is 0. The second-order valence-corrected chi connectivity index (χ2v) is 9.06. The monoisotopic (exact) mass is 385 g/mol. The predicted octanol–water partition coefficient (Wildman–Crippen LogP) is 2.87. The smallest absolute Gasteiger partial charge is 0.244 e. The van der Waals surface area contributed by atoms with Gasteiger partial charge in [-0.25, -0.2) is 8.42 Å². The average Bonchev–Trinajstić information content (AvgIpc) is 3.41. The van der Waals surface area contributed by atoms with E-state index >= 15 is 0 Å². The largest absolute Gasteiger partial charge is 0.312 e. The molecule has 6 nitrogen and oxygen atoms in total. The summed E-state index contributed by atoms with van der Waals surface area (Å²) in [4.78, 5) is 18.3. The Hall–Kier alpha value is -2.25. The van der Waals surface area contributed by atoms with Crippen LogP contribution in [0, 0.1) is 6.92 Å². The van der Waals surface area contributed by atoms with E-state index < -0.39 is 10.0 Å². The van der Waals surface area contributed by atoms with Crippen LogP contribution in [0.25, 0.3) is 0 Å². The van der Waals surface area contributed by atoms with E-state index in [9.17, 15) is 13.2 Å². The molecule has 1 aliphatic carbocycles. The molecular weight excluding hydrogens is 362 g/mol. The second kappa shape index (κ2) is 7.05. The Morgan fingerprint density at radius 1 is 1.22 bits per heavy atom. The Labute approximate surface area is 159 Å². The first-order chi connectivity index (χ1) is 13.0. The van der Waals surface area contributed by atoms with Crippen molar-refractivity contribution in [3.05, 3.63) is 53.9 Å². The average molecular weight is 385 g/mol. The number of benzene rings is 1. The van der Waals surface area contributed by atoms with Gasteiger partial charge in [0.1, 0.15) is 0 Å². The molecule has 4 rings (SSSR count). The van der Waals surface area contributed by atoms with Crippen LogP contribution >= 0.6 is 0 Å². The van der Waals surface area contributed by atoms with Gasteiger partial charge < -0.3 is 4.90 Å². The number of amides is 1. The number of aryl methyl sites for hydroxylation is 1. The van der Waals surface area contributed by atoms with E-state index in [1.165, 1.54) is 0 Å². The third-order valence-electron chi connectivity index (χ3n) is 5.14.